The molecule has 0 aliphatic carbocycles. The van der Waals surface area contributed by atoms with E-state index in [4.69, 9.17) is 9.84 Å². The molecule has 1 amide bonds. The molecule has 2 heterocycles. The minimum atomic E-state index is -1.10. The molecule has 2 N–H and O–H groups in total. The van der Waals surface area contributed by atoms with E-state index in [-0.39, 0.29) is 23.5 Å². The monoisotopic (exact) mass is 443 g/mol. The number of morpholine rings is 1. The Bertz CT molecular complexity index is 881. The molecule has 1 aromatic heterocycles. The molecule has 0 spiro atoms. The van der Waals surface area contributed by atoms with Gasteiger partial charge in [-0.2, -0.15) is 0 Å². The van der Waals surface area contributed by atoms with Gasteiger partial charge in [0, 0.05) is 31.6 Å². The number of aromatic carboxylic acids is 1. The van der Waals surface area contributed by atoms with Gasteiger partial charge in [-0.05, 0) is 17.7 Å². The summed E-state index contributed by atoms with van der Waals surface area (Å²) in [5.41, 5.74) is 0.642. The second kappa shape index (κ2) is 10.1. The van der Waals surface area contributed by atoms with E-state index in [0.29, 0.717) is 42.7 Å². The fraction of sp³-hybridized carbons (Fsp3) is 0.389. The normalized spacial score (nSPS) is 17.2. The Labute approximate surface area is 174 Å². The highest BCUT2D eigenvalue weighted by Gasteiger charge is 2.21. The molecule has 1 aliphatic rings. The number of benzene rings is 1. The predicted octanol–water partition coefficient (Wildman–Crippen LogP) is 2.23. The average molecular weight is 443 g/mol. The summed E-state index contributed by atoms with van der Waals surface area (Å²) in [6.07, 6.45) is -0.207. The van der Waals surface area contributed by atoms with Gasteiger partial charge in [-0.25, -0.2) is 18.6 Å². The van der Waals surface area contributed by atoms with Gasteiger partial charge in [0.25, 0.3) is 0 Å². The lowest BCUT2D eigenvalue weighted by molar-refractivity contribution is -0.119. The fourth-order valence-electron chi connectivity index (χ4n) is 2.77. The molecular weight excluding hydrogens is 424 g/mol. The largest absolute Gasteiger partial charge is 0.476 e. The molecule has 1 atom stereocenters. The van der Waals surface area contributed by atoms with Crippen molar-refractivity contribution in [3.8, 4) is 0 Å². The van der Waals surface area contributed by atoms with Crippen LogP contribution in [0.2, 0.25) is 0 Å². The number of rotatable bonds is 8. The number of carbonyl (C=O) groups excluding carboxylic acids is 1. The predicted molar refractivity (Wildman–Crippen MR) is 104 cm³/mol. The summed E-state index contributed by atoms with van der Waals surface area (Å²) in [5, 5.41) is 13.1. The smallest absolute Gasteiger partial charge is 0.355 e. The zero-order valence-corrected chi connectivity index (χ0v) is 16.9. The molecule has 2 aromatic rings. The highest BCUT2D eigenvalue weighted by molar-refractivity contribution is 8.01. The first kappa shape index (κ1) is 21.6. The number of carboxylic acids is 1. The third kappa shape index (κ3) is 6.46. The fourth-order valence-corrected chi connectivity index (χ4v) is 4.40. The molecule has 0 unspecified atom stereocenters. The maximum absolute atomic E-state index is 13.4. The lowest BCUT2D eigenvalue weighted by Gasteiger charge is -2.33. The Balaban J connectivity index is 1.40. The number of hydrogen-bond acceptors (Lipinski definition) is 7. The van der Waals surface area contributed by atoms with Gasteiger partial charge in [-0.3, -0.25) is 9.69 Å². The Morgan fingerprint density at radius 3 is 2.93 bits per heavy atom. The standard InChI is InChI=1S/C18H19F2N3O4S2/c19-13-2-1-11(5-14(13)20)7-23-3-4-27-12(8-23)6-21-16(24)10-29-18-22-15(9-28-18)17(25)26/h1-2,5,9,12H,3-4,6-8,10H2,(H,21,24)(H,25,26)/t12-/m0/s1. The third-order valence-electron chi connectivity index (χ3n) is 4.17. The second-order valence-corrected chi connectivity index (χ2v) is 8.45. The highest BCUT2D eigenvalue weighted by Crippen LogP contribution is 2.22. The molecule has 1 fully saturated rings. The highest BCUT2D eigenvalue weighted by atomic mass is 32.2. The molecule has 7 nitrogen and oxygen atoms in total. The Kier molecular flexibility index (Phi) is 7.53. The van der Waals surface area contributed by atoms with E-state index < -0.39 is 17.6 Å². The summed E-state index contributed by atoms with van der Waals surface area (Å²) in [6.45, 7) is 2.49. The summed E-state index contributed by atoms with van der Waals surface area (Å²) in [6, 6.07) is 3.85. The number of thioether (sulfide) groups is 1. The van der Waals surface area contributed by atoms with Crippen molar-refractivity contribution in [1.29, 1.82) is 0 Å². The topological polar surface area (TPSA) is 91.8 Å². The van der Waals surface area contributed by atoms with Crippen molar-refractivity contribution in [3.63, 3.8) is 0 Å². The van der Waals surface area contributed by atoms with Crippen molar-refractivity contribution >= 4 is 35.0 Å². The number of nitrogens with one attached hydrogen (secondary N) is 1. The Hall–Kier alpha value is -2.08. The zero-order valence-electron chi connectivity index (χ0n) is 15.3. The molecule has 0 bridgehead atoms. The minimum Gasteiger partial charge on any atom is -0.476 e. The molecule has 11 heteroatoms. The van der Waals surface area contributed by atoms with Gasteiger partial charge in [0.2, 0.25) is 5.91 Å². The van der Waals surface area contributed by atoms with Crippen molar-refractivity contribution in [2.75, 3.05) is 32.0 Å². The first-order valence-corrected chi connectivity index (χ1v) is 10.6. The lowest BCUT2D eigenvalue weighted by atomic mass is 10.1. The molecule has 1 aromatic carbocycles. The number of halogens is 2. The summed E-state index contributed by atoms with van der Waals surface area (Å²) >= 11 is 2.35. The van der Waals surface area contributed by atoms with Crippen LogP contribution < -0.4 is 5.32 Å². The number of nitrogens with zero attached hydrogens (tertiary/aromatic N) is 2. The van der Waals surface area contributed by atoms with E-state index in [0.717, 1.165) is 6.07 Å². The van der Waals surface area contributed by atoms with Crippen molar-refractivity contribution in [2.24, 2.45) is 0 Å². The van der Waals surface area contributed by atoms with E-state index in [9.17, 15) is 18.4 Å². The zero-order chi connectivity index (χ0) is 20.8. The first-order valence-electron chi connectivity index (χ1n) is 8.77. The van der Waals surface area contributed by atoms with Gasteiger partial charge in [0.1, 0.15) is 0 Å². The van der Waals surface area contributed by atoms with Crippen molar-refractivity contribution in [2.45, 2.75) is 17.0 Å². The summed E-state index contributed by atoms with van der Waals surface area (Å²) in [5.74, 6) is -2.92. The van der Waals surface area contributed by atoms with Crippen molar-refractivity contribution < 1.29 is 28.2 Å². The van der Waals surface area contributed by atoms with Gasteiger partial charge < -0.3 is 15.2 Å². The average Bonchev–Trinajstić information content (AvgIpc) is 3.17. The van der Waals surface area contributed by atoms with E-state index in [2.05, 4.69) is 15.2 Å². The van der Waals surface area contributed by atoms with Crippen LogP contribution in [0.4, 0.5) is 8.78 Å². The van der Waals surface area contributed by atoms with Crippen LogP contribution in [-0.2, 0) is 16.1 Å². The summed E-state index contributed by atoms with van der Waals surface area (Å²) < 4.78 is 32.6. The van der Waals surface area contributed by atoms with Crippen molar-refractivity contribution in [3.05, 3.63) is 46.5 Å². The Morgan fingerprint density at radius 2 is 2.21 bits per heavy atom. The maximum atomic E-state index is 13.4. The van der Waals surface area contributed by atoms with E-state index in [1.54, 1.807) is 6.07 Å². The van der Waals surface area contributed by atoms with Gasteiger partial charge >= 0.3 is 5.97 Å². The number of carbonyl (C=O) groups is 2. The van der Waals surface area contributed by atoms with Crippen LogP contribution in [0.3, 0.4) is 0 Å². The van der Waals surface area contributed by atoms with Crippen LogP contribution >= 0.6 is 23.1 Å². The van der Waals surface area contributed by atoms with E-state index in [1.165, 1.54) is 34.5 Å². The van der Waals surface area contributed by atoms with Gasteiger partial charge in [-0.1, -0.05) is 17.8 Å². The number of aromatic nitrogens is 1. The molecule has 3 rings (SSSR count). The maximum Gasteiger partial charge on any atom is 0.355 e. The minimum absolute atomic E-state index is 0.0327. The van der Waals surface area contributed by atoms with Gasteiger partial charge in [0.15, 0.2) is 21.7 Å². The molecule has 1 aliphatic heterocycles. The molecule has 0 saturated carbocycles. The molecular formula is C18H19F2N3O4S2. The number of carboxylic acid groups (broad SMARTS) is 1. The van der Waals surface area contributed by atoms with Gasteiger partial charge in [-0.15, -0.1) is 11.3 Å². The van der Waals surface area contributed by atoms with Crippen LogP contribution in [0.5, 0.6) is 0 Å². The lowest BCUT2D eigenvalue weighted by Crippen LogP contribution is -2.47. The summed E-state index contributed by atoms with van der Waals surface area (Å²) in [7, 11) is 0. The van der Waals surface area contributed by atoms with Crippen LogP contribution in [-0.4, -0.2) is 65.0 Å². The Morgan fingerprint density at radius 1 is 1.38 bits per heavy atom. The number of amides is 1. The van der Waals surface area contributed by atoms with E-state index in [1.807, 2.05) is 0 Å². The second-order valence-electron chi connectivity index (χ2n) is 6.37. The first-order chi connectivity index (χ1) is 13.9. The van der Waals surface area contributed by atoms with Crippen LogP contribution in [0.25, 0.3) is 0 Å². The number of thiazole rings is 1. The molecule has 156 valence electrons. The number of hydrogen-bond donors (Lipinski definition) is 2. The van der Waals surface area contributed by atoms with Crippen molar-refractivity contribution in [1.82, 2.24) is 15.2 Å². The summed E-state index contributed by atoms with van der Waals surface area (Å²) in [4.78, 5) is 28.8. The van der Waals surface area contributed by atoms with Gasteiger partial charge in [0.05, 0.1) is 18.5 Å². The SMILES string of the molecule is O=C(CSc1nc(C(=O)O)cs1)NC[C@H]1CN(Cc2ccc(F)c(F)c2)CCO1. The quantitative estimate of drug-likeness (QED) is 0.605. The molecule has 1 saturated heterocycles. The van der Waals surface area contributed by atoms with Crippen LogP contribution in [0.1, 0.15) is 16.1 Å². The van der Waals surface area contributed by atoms with Crippen LogP contribution in [0.15, 0.2) is 27.9 Å². The number of ether oxygens (including phenoxy) is 1. The third-order valence-corrected chi connectivity index (χ3v) is 6.19. The molecule has 29 heavy (non-hydrogen) atoms. The van der Waals surface area contributed by atoms with Crippen LogP contribution in [0, 0.1) is 11.6 Å². The van der Waals surface area contributed by atoms with E-state index >= 15 is 0 Å². The molecule has 0 radical (unpaired) electrons.